The number of nitrogens with one attached hydrogen (secondary N) is 1. The summed E-state index contributed by atoms with van der Waals surface area (Å²) in [5.74, 6) is 0. The second kappa shape index (κ2) is 3.11. The SMILES string of the molecule is CCC1(NC(=O)O)CCCC1. The molecule has 1 rings (SSSR count). The Kier molecular flexibility index (Phi) is 2.37. The highest BCUT2D eigenvalue weighted by Crippen LogP contribution is 2.31. The maximum Gasteiger partial charge on any atom is 0.405 e. The topological polar surface area (TPSA) is 49.3 Å². The van der Waals surface area contributed by atoms with Crippen LogP contribution in [-0.4, -0.2) is 16.7 Å². The van der Waals surface area contributed by atoms with Crippen LogP contribution in [0.1, 0.15) is 39.0 Å². The minimum absolute atomic E-state index is 0.0914. The van der Waals surface area contributed by atoms with E-state index in [9.17, 15) is 4.79 Å². The number of hydrogen-bond acceptors (Lipinski definition) is 1. The van der Waals surface area contributed by atoms with Crippen molar-refractivity contribution in [1.82, 2.24) is 5.32 Å². The van der Waals surface area contributed by atoms with E-state index in [-0.39, 0.29) is 5.54 Å². The summed E-state index contributed by atoms with van der Waals surface area (Å²) in [7, 11) is 0. The normalized spacial score (nSPS) is 21.5. The van der Waals surface area contributed by atoms with Crippen LogP contribution in [0.3, 0.4) is 0 Å². The third-order valence-electron chi connectivity index (χ3n) is 2.61. The third-order valence-corrected chi connectivity index (χ3v) is 2.61. The summed E-state index contributed by atoms with van der Waals surface area (Å²) in [6.45, 7) is 2.04. The van der Waals surface area contributed by atoms with Crippen molar-refractivity contribution in [2.24, 2.45) is 0 Å². The fraction of sp³-hybridized carbons (Fsp3) is 0.875. The lowest BCUT2D eigenvalue weighted by Gasteiger charge is -2.26. The van der Waals surface area contributed by atoms with Crippen LogP contribution in [0.2, 0.25) is 0 Å². The number of rotatable bonds is 2. The molecule has 0 atom stereocenters. The largest absolute Gasteiger partial charge is 0.465 e. The molecule has 64 valence electrons. The molecule has 0 aromatic rings. The molecule has 1 fully saturated rings. The Balaban J connectivity index is 2.52. The van der Waals surface area contributed by atoms with Crippen LogP contribution >= 0.6 is 0 Å². The van der Waals surface area contributed by atoms with Crippen molar-refractivity contribution in [3.05, 3.63) is 0 Å². The molecule has 0 bridgehead atoms. The fourth-order valence-corrected chi connectivity index (χ4v) is 1.85. The van der Waals surface area contributed by atoms with Crippen LogP contribution in [0.15, 0.2) is 0 Å². The molecular formula is C8H15NO2. The van der Waals surface area contributed by atoms with Gasteiger partial charge in [0.1, 0.15) is 0 Å². The second-order valence-corrected chi connectivity index (χ2v) is 3.27. The summed E-state index contributed by atoms with van der Waals surface area (Å²) in [6, 6.07) is 0. The molecule has 0 saturated heterocycles. The first-order chi connectivity index (χ1) is 5.18. The molecule has 0 spiro atoms. The summed E-state index contributed by atoms with van der Waals surface area (Å²) in [5.41, 5.74) is -0.0914. The quantitative estimate of drug-likeness (QED) is 0.643. The first-order valence-corrected chi connectivity index (χ1v) is 4.20. The number of hydrogen-bond donors (Lipinski definition) is 2. The van der Waals surface area contributed by atoms with Gasteiger partial charge in [0.15, 0.2) is 0 Å². The molecule has 0 aromatic carbocycles. The third kappa shape index (κ3) is 1.85. The van der Waals surface area contributed by atoms with Gasteiger partial charge in [-0.25, -0.2) is 4.79 Å². The van der Waals surface area contributed by atoms with E-state index < -0.39 is 6.09 Å². The molecule has 0 aromatic heterocycles. The van der Waals surface area contributed by atoms with E-state index in [2.05, 4.69) is 5.32 Å². The maximum absolute atomic E-state index is 10.4. The van der Waals surface area contributed by atoms with Gasteiger partial charge in [0, 0.05) is 5.54 Å². The maximum atomic E-state index is 10.4. The Morgan fingerprint density at radius 1 is 1.55 bits per heavy atom. The van der Waals surface area contributed by atoms with Gasteiger partial charge in [-0.1, -0.05) is 19.8 Å². The van der Waals surface area contributed by atoms with E-state index in [0.29, 0.717) is 0 Å². The van der Waals surface area contributed by atoms with Gasteiger partial charge >= 0.3 is 6.09 Å². The van der Waals surface area contributed by atoms with Gasteiger partial charge in [0.2, 0.25) is 0 Å². The van der Waals surface area contributed by atoms with Crippen LogP contribution < -0.4 is 5.32 Å². The van der Waals surface area contributed by atoms with Crippen LogP contribution in [0.4, 0.5) is 4.79 Å². The zero-order valence-electron chi connectivity index (χ0n) is 6.89. The van der Waals surface area contributed by atoms with Crippen molar-refractivity contribution in [2.45, 2.75) is 44.6 Å². The van der Waals surface area contributed by atoms with E-state index in [1.54, 1.807) is 0 Å². The van der Waals surface area contributed by atoms with Crippen LogP contribution in [0.5, 0.6) is 0 Å². The molecule has 1 aliphatic rings. The van der Waals surface area contributed by atoms with E-state index in [1.807, 2.05) is 6.92 Å². The van der Waals surface area contributed by atoms with Gasteiger partial charge in [-0.15, -0.1) is 0 Å². The van der Waals surface area contributed by atoms with Crippen molar-refractivity contribution in [3.63, 3.8) is 0 Å². The van der Waals surface area contributed by atoms with E-state index in [1.165, 1.54) is 0 Å². The molecule has 2 N–H and O–H groups in total. The molecule has 0 aliphatic heterocycles. The fourth-order valence-electron chi connectivity index (χ4n) is 1.85. The monoisotopic (exact) mass is 157 g/mol. The van der Waals surface area contributed by atoms with E-state index in [0.717, 1.165) is 32.1 Å². The van der Waals surface area contributed by atoms with Crippen LogP contribution in [-0.2, 0) is 0 Å². The second-order valence-electron chi connectivity index (χ2n) is 3.27. The average Bonchev–Trinajstić information content (AvgIpc) is 2.36. The highest BCUT2D eigenvalue weighted by atomic mass is 16.4. The molecule has 0 radical (unpaired) electrons. The molecule has 1 aliphatic carbocycles. The molecule has 1 amide bonds. The predicted octanol–water partition coefficient (Wildman–Crippen LogP) is 1.98. The number of amides is 1. The Morgan fingerprint density at radius 3 is 2.45 bits per heavy atom. The molecule has 0 unspecified atom stereocenters. The van der Waals surface area contributed by atoms with Crippen LogP contribution in [0, 0.1) is 0 Å². The summed E-state index contributed by atoms with van der Waals surface area (Å²) >= 11 is 0. The van der Waals surface area contributed by atoms with E-state index in [4.69, 9.17) is 5.11 Å². The average molecular weight is 157 g/mol. The van der Waals surface area contributed by atoms with Gasteiger partial charge in [-0.3, -0.25) is 0 Å². The van der Waals surface area contributed by atoms with Crippen molar-refractivity contribution in [3.8, 4) is 0 Å². The Morgan fingerprint density at radius 2 is 2.09 bits per heavy atom. The first-order valence-electron chi connectivity index (χ1n) is 4.20. The zero-order valence-corrected chi connectivity index (χ0v) is 6.89. The highest BCUT2D eigenvalue weighted by molar-refractivity contribution is 5.65. The summed E-state index contributed by atoms with van der Waals surface area (Å²) in [6.07, 6.45) is 4.38. The standard InChI is InChI=1S/C8H15NO2/c1-2-8(9-7(10)11)5-3-4-6-8/h9H,2-6H2,1H3,(H,10,11). The van der Waals surface area contributed by atoms with Crippen molar-refractivity contribution >= 4 is 6.09 Å². The van der Waals surface area contributed by atoms with Crippen molar-refractivity contribution < 1.29 is 9.90 Å². The number of carboxylic acid groups (broad SMARTS) is 1. The molecule has 3 heteroatoms. The lowest BCUT2D eigenvalue weighted by Crippen LogP contribution is -2.44. The van der Waals surface area contributed by atoms with Gasteiger partial charge in [-0.05, 0) is 19.3 Å². The van der Waals surface area contributed by atoms with Gasteiger partial charge in [0.05, 0.1) is 0 Å². The molecule has 0 heterocycles. The van der Waals surface area contributed by atoms with Crippen molar-refractivity contribution in [1.29, 1.82) is 0 Å². The van der Waals surface area contributed by atoms with Gasteiger partial charge in [-0.2, -0.15) is 0 Å². The molecular weight excluding hydrogens is 142 g/mol. The molecule has 1 saturated carbocycles. The Hall–Kier alpha value is -0.730. The summed E-state index contributed by atoms with van der Waals surface area (Å²) in [5, 5.41) is 11.2. The number of carbonyl (C=O) groups is 1. The zero-order chi connectivity index (χ0) is 8.32. The predicted molar refractivity (Wildman–Crippen MR) is 42.7 cm³/mol. The minimum Gasteiger partial charge on any atom is -0.465 e. The minimum atomic E-state index is -0.881. The smallest absolute Gasteiger partial charge is 0.405 e. The van der Waals surface area contributed by atoms with Gasteiger partial charge in [0.25, 0.3) is 0 Å². The summed E-state index contributed by atoms with van der Waals surface area (Å²) in [4.78, 5) is 10.4. The first kappa shape index (κ1) is 8.37. The highest BCUT2D eigenvalue weighted by Gasteiger charge is 2.33. The Bertz CT molecular complexity index is 150. The Labute approximate surface area is 66.8 Å². The van der Waals surface area contributed by atoms with Crippen LogP contribution in [0.25, 0.3) is 0 Å². The summed E-state index contributed by atoms with van der Waals surface area (Å²) < 4.78 is 0. The van der Waals surface area contributed by atoms with E-state index >= 15 is 0 Å². The molecule has 3 nitrogen and oxygen atoms in total. The van der Waals surface area contributed by atoms with Gasteiger partial charge < -0.3 is 10.4 Å². The molecule has 11 heavy (non-hydrogen) atoms. The lowest BCUT2D eigenvalue weighted by molar-refractivity contribution is 0.176. The van der Waals surface area contributed by atoms with Crippen molar-refractivity contribution in [2.75, 3.05) is 0 Å². The lowest BCUT2D eigenvalue weighted by atomic mass is 9.95.